The smallest absolute Gasteiger partial charge is 0.171 e. The van der Waals surface area contributed by atoms with Gasteiger partial charge in [-0.15, -0.1) is 10.2 Å². The second-order valence-electron chi connectivity index (χ2n) is 5.11. The predicted octanol–water partition coefficient (Wildman–Crippen LogP) is 2.66. The topological polar surface area (TPSA) is 65.6 Å². The fourth-order valence-electron chi connectivity index (χ4n) is 2.38. The maximum atomic E-state index is 11.6. The van der Waals surface area contributed by atoms with Crippen LogP contribution in [0.2, 0.25) is 0 Å². The van der Waals surface area contributed by atoms with E-state index in [2.05, 4.69) is 15.3 Å². The zero-order valence-electron chi connectivity index (χ0n) is 12.8. The number of aryl methyl sites for hydroxylation is 2. The first-order chi connectivity index (χ1) is 10.6. The Morgan fingerprint density at radius 2 is 2.14 bits per heavy atom. The Balaban J connectivity index is 2.11. The van der Waals surface area contributed by atoms with Crippen molar-refractivity contribution >= 4 is 5.78 Å². The van der Waals surface area contributed by atoms with E-state index < -0.39 is 0 Å². The van der Waals surface area contributed by atoms with E-state index in [1.54, 1.807) is 19.3 Å². The number of carbonyl (C=O) groups excluding carboxylic acids is 1. The van der Waals surface area contributed by atoms with Crippen molar-refractivity contribution in [1.82, 2.24) is 24.5 Å². The molecule has 0 fully saturated rings. The Bertz CT molecular complexity index is 831. The Kier molecular flexibility index (Phi) is 3.58. The molecule has 0 atom stereocenters. The number of ketones is 1. The summed E-state index contributed by atoms with van der Waals surface area (Å²) in [5, 5.41) is 12.7. The molecule has 0 saturated heterocycles. The number of hydrogen-bond donors (Lipinski definition) is 0. The minimum absolute atomic E-state index is 0.0338. The highest BCUT2D eigenvalue weighted by molar-refractivity contribution is 5.94. The number of hydrogen-bond acceptors (Lipinski definition) is 4. The molecular weight excluding hydrogens is 278 g/mol. The van der Waals surface area contributed by atoms with E-state index in [0.29, 0.717) is 5.56 Å². The molecule has 0 aliphatic heterocycles. The van der Waals surface area contributed by atoms with Crippen LogP contribution in [0.3, 0.4) is 0 Å². The molecule has 0 aliphatic rings. The van der Waals surface area contributed by atoms with Gasteiger partial charge in [-0.2, -0.15) is 5.10 Å². The second kappa shape index (κ2) is 5.55. The molecule has 0 amide bonds. The third-order valence-corrected chi connectivity index (χ3v) is 3.59. The minimum Gasteiger partial charge on any atom is -0.295 e. The van der Waals surface area contributed by atoms with Crippen LogP contribution in [0.1, 0.15) is 29.9 Å². The molecule has 6 nitrogen and oxygen atoms in total. The molecule has 6 heteroatoms. The van der Waals surface area contributed by atoms with Crippen LogP contribution in [0.4, 0.5) is 0 Å². The lowest BCUT2D eigenvalue weighted by Gasteiger charge is -2.07. The summed E-state index contributed by atoms with van der Waals surface area (Å²) in [6, 6.07) is 7.43. The van der Waals surface area contributed by atoms with Gasteiger partial charge >= 0.3 is 0 Å². The van der Waals surface area contributed by atoms with Gasteiger partial charge in [-0.1, -0.05) is 12.1 Å². The molecule has 0 saturated carbocycles. The zero-order chi connectivity index (χ0) is 15.7. The largest absolute Gasteiger partial charge is 0.295 e. The summed E-state index contributed by atoms with van der Waals surface area (Å²) < 4.78 is 3.74. The fourth-order valence-corrected chi connectivity index (χ4v) is 2.38. The third kappa shape index (κ3) is 2.43. The molecule has 0 bridgehead atoms. The van der Waals surface area contributed by atoms with Gasteiger partial charge in [-0.3, -0.25) is 14.0 Å². The molecular formula is C16H17N5O. The summed E-state index contributed by atoms with van der Waals surface area (Å²) in [5.41, 5.74) is 3.36. The van der Waals surface area contributed by atoms with Crippen LogP contribution >= 0.6 is 0 Å². The molecule has 22 heavy (non-hydrogen) atoms. The van der Waals surface area contributed by atoms with Gasteiger partial charge in [0.1, 0.15) is 6.33 Å². The lowest BCUT2D eigenvalue weighted by molar-refractivity contribution is 0.101. The van der Waals surface area contributed by atoms with Crippen LogP contribution in [0.15, 0.2) is 36.8 Å². The van der Waals surface area contributed by atoms with E-state index in [9.17, 15) is 4.79 Å². The maximum absolute atomic E-state index is 11.6. The Morgan fingerprint density at radius 3 is 2.82 bits per heavy atom. The highest BCUT2D eigenvalue weighted by atomic mass is 16.1. The van der Waals surface area contributed by atoms with Crippen LogP contribution in [0.5, 0.6) is 0 Å². The number of Topliss-reactive ketones (excluding diaryl/α,β-unsaturated/α-hetero) is 1. The quantitative estimate of drug-likeness (QED) is 0.694. The van der Waals surface area contributed by atoms with Gasteiger partial charge in [0.25, 0.3) is 0 Å². The van der Waals surface area contributed by atoms with Crippen molar-refractivity contribution in [3.63, 3.8) is 0 Å². The second-order valence-corrected chi connectivity index (χ2v) is 5.11. The predicted molar refractivity (Wildman–Crippen MR) is 83.0 cm³/mol. The van der Waals surface area contributed by atoms with E-state index in [4.69, 9.17) is 0 Å². The number of rotatable bonds is 4. The van der Waals surface area contributed by atoms with Crippen molar-refractivity contribution in [2.24, 2.45) is 0 Å². The van der Waals surface area contributed by atoms with Crippen LogP contribution in [-0.2, 0) is 6.54 Å². The van der Waals surface area contributed by atoms with Crippen LogP contribution in [0.25, 0.3) is 17.1 Å². The average Bonchev–Trinajstić information content (AvgIpc) is 3.13. The summed E-state index contributed by atoms with van der Waals surface area (Å²) >= 11 is 0. The van der Waals surface area contributed by atoms with Crippen LogP contribution in [-0.4, -0.2) is 30.3 Å². The lowest BCUT2D eigenvalue weighted by atomic mass is 10.1. The first-order valence-electron chi connectivity index (χ1n) is 7.16. The number of aromatic nitrogens is 5. The number of benzene rings is 1. The van der Waals surface area contributed by atoms with Gasteiger partial charge in [0.05, 0.1) is 11.3 Å². The summed E-state index contributed by atoms with van der Waals surface area (Å²) in [4.78, 5) is 11.6. The number of carbonyl (C=O) groups is 1. The summed E-state index contributed by atoms with van der Waals surface area (Å²) in [6.07, 6.45) is 3.61. The molecule has 112 valence electrons. The van der Waals surface area contributed by atoms with Gasteiger partial charge in [-0.25, -0.2) is 0 Å². The lowest BCUT2D eigenvalue weighted by Crippen LogP contribution is -1.99. The number of nitrogens with zero attached hydrogens (tertiary/aromatic N) is 5. The summed E-state index contributed by atoms with van der Waals surface area (Å²) in [5.74, 6) is 0.754. The molecule has 3 aromatic rings. The summed E-state index contributed by atoms with van der Waals surface area (Å²) in [7, 11) is 0. The van der Waals surface area contributed by atoms with Crippen molar-refractivity contribution in [3.05, 3.63) is 48.0 Å². The highest BCUT2D eigenvalue weighted by Crippen LogP contribution is 2.23. The first-order valence-corrected chi connectivity index (χ1v) is 7.16. The SMILES string of the molecule is CCn1cc(-c2nncn2-c2cccc(C(C)=O)c2)c(C)n1. The molecule has 2 aromatic heterocycles. The molecule has 0 aliphatic carbocycles. The standard InChI is InChI=1S/C16H17N5O/c1-4-20-9-15(11(2)19-20)16-18-17-10-21(16)14-7-5-6-13(8-14)12(3)22/h5-10H,4H2,1-3H3. The van der Waals surface area contributed by atoms with E-state index in [-0.39, 0.29) is 5.78 Å². The molecule has 0 unspecified atom stereocenters. The van der Waals surface area contributed by atoms with Crippen molar-refractivity contribution in [2.75, 3.05) is 0 Å². The van der Waals surface area contributed by atoms with Gasteiger partial charge in [0.2, 0.25) is 0 Å². The van der Waals surface area contributed by atoms with Crippen LogP contribution in [0, 0.1) is 6.92 Å². The van der Waals surface area contributed by atoms with E-state index >= 15 is 0 Å². The fraction of sp³-hybridized carbons (Fsp3) is 0.250. The highest BCUT2D eigenvalue weighted by Gasteiger charge is 2.15. The molecule has 1 aromatic carbocycles. The summed E-state index contributed by atoms with van der Waals surface area (Å²) in [6.45, 7) is 6.35. The Hall–Kier alpha value is -2.76. The van der Waals surface area contributed by atoms with E-state index in [1.165, 1.54) is 0 Å². The average molecular weight is 295 g/mol. The monoisotopic (exact) mass is 295 g/mol. The molecule has 0 spiro atoms. The van der Waals surface area contributed by atoms with E-state index in [0.717, 1.165) is 29.3 Å². The Morgan fingerprint density at radius 1 is 1.32 bits per heavy atom. The minimum atomic E-state index is 0.0338. The Labute approximate surface area is 128 Å². The molecule has 2 heterocycles. The maximum Gasteiger partial charge on any atom is 0.171 e. The van der Waals surface area contributed by atoms with Gasteiger partial charge in [-0.05, 0) is 32.9 Å². The van der Waals surface area contributed by atoms with E-state index in [1.807, 2.05) is 47.5 Å². The molecule has 3 rings (SSSR count). The zero-order valence-corrected chi connectivity index (χ0v) is 12.8. The first kappa shape index (κ1) is 14.2. The normalized spacial score (nSPS) is 10.9. The van der Waals surface area contributed by atoms with Crippen molar-refractivity contribution in [2.45, 2.75) is 27.3 Å². The molecule has 0 N–H and O–H groups in total. The van der Waals surface area contributed by atoms with Gasteiger partial charge in [0, 0.05) is 24.0 Å². The van der Waals surface area contributed by atoms with Crippen LogP contribution < -0.4 is 0 Å². The van der Waals surface area contributed by atoms with Crippen molar-refractivity contribution in [1.29, 1.82) is 0 Å². The molecule has 0 radical (unpaired) electrons. The van der Waals surface area contributed by atoms with Gasteiger partial charge < -0.3 is 0 Å². The van der Waals surface area contributed by atoms with Crippen molar-refractivity contribution in [3.8, 4) is 17.1 Å². The third-order valence-electron chi connectivity index (χ3n) is 3.59. The van der Waals surface area contributed by atoms with Gasteiger partial charge in [0.15, 0.2) is 11.6 Å². The van der Waals surface area contributed by atoms with Crippen molar-refractivity contribution < 1.29 is 4.79 Å².